The standard InChI is InChI=1S/C19H34N2O8/c1-18(2,3)28-16(24)20-11-7-9-14(22)26-13-27-15(23)10-8-12-21-17(25)29-19(4,5)6/h7-13H2,1-6H3,(H,20,24)(H,21,25). The molecule has 0 aromatic rings. The average molecular weight is 418 g/mol. The van der Waals surface area contributed by atoms with Crippen LogP contribution in [0, 0.1) is 0 Å². The Morgan fingerprint density at radius 2 is 1.00 bits per heavy atom. The van der Waals surface area contributed by atoms with Gasteiger partial charge in [0.2, 0.25) is 6.79 Å². The van der Waals surface area contributed by atoms with Gasteiger partial charge in [-0.15, -0.1) is 0 Å². The molecule has 0 heterocycles. The van der Waals surface area contributed by atoms with Gasteiger partial charge in [0.15, 0.2) is 0 Å². The van der Waals surface area contributed by atoms with Gasteiger partial charge in [-0.3, -0.25) is 9.59 Å². The third kappa shape index (κ3) is 18.6. The SMILES string of the molecule is CC(C)(C)OC(=O)NCCCC(=O)OCOC(=O)CCCNC(=O)OC(C)(C)C. The summed E-state index contributed by atoms with van der Waals surface area (Å²) in [5.74, 6) is -1.09. The van der Waals surface area contributed by atoms with Crippen molar-refractivity contribution >= 4 is 24.1 Å². The third-order valence-corrected chi connectivity index (χ3v) is 2.89. The highest BCUT2D eigenvalue weighted by Gasteiger charge is 2.16. The first kappa shape index (κ1) is 26.5. The Balaban J connectivity index is 3.68. The lowest BCUT2D eigenvalue weighted by Gasteiger charge is -2.19. The predicted octanol–water partition coefficient (Wildman–Crippen LogP) is 2.64. The zero-order valence-electron chi connectivity index (χ0n) is 18.2. The number of amides is 2. The van der Waals surface area contributed by atoms with Crippen molar-refractivity contribution in [2.45, 2.75) is 78.4 Å². The Bertz CT molecular complexity index is 501. The molecule has 0 unspecified atom stereocenters. The molecule has 0 bridgehead atoms. The number of hydrogen-bond acceptors (Lipinski definition) is 8. The topological polar surface area (TPSA) is 129 Å². The highest BCUT2D eigenvalue weighted by atomic mass is 16.7. The fraction of sp³-hybridized carbons (Fsp3) is 0.789. The number of hydrogen-bond donors (Lipinski definition) is 2. The van der Waals surface area contributed by atoms with E-state index in [1.807, 2.05) is 0 Å². The van der Waals surface area contributed by atoms with Gasteiger partial charge in [0, 0.05) is 25.9 Å². The van der Waals surface area contributed by atoms with Crippen molar-refractivity contribution in [3.8, 4) is 0 Å². The van der Waals surface area contributed by atoms with Crippen LogP contribution in [0.4, 0.5) is 9.59 Å². The Labute approximate surface area is 172 Å². The molecular formula is C19H34N2O8. The first-order valence-electron chi connectivity index (χ1n) is 9.53. The van der Waals surface area contributed by atoms with Gasteiger partial charge in [-0.05, 0) is 54.4 Å². The lowest BCUT2D eigenvalue weighted by molar-refractivity contribution is -0.167. The molecule has 0 saturated heterocycles. The van der Waals surface area contributed by atoms with Crippen molar-refractivity contribution in [2.24, 2.45) is 0 Å². The number of alkyl carbamates (subject to hydrolysis) is 2. The maximum atomic E-state index is 11.5. The van der Waals surface area contributed by atoms with Crippen LogP contribution in [0.2, 0.25) is 0 Å². The summed E-state index contributed by atoms with van der Waals surface area (Å²) in [5.41, 5.74) is -1.17. The van der Waals surface area contributed by atoms with Crippen LogP contribution in [0.25, 0.3) is 0 Å². The Morgan fingerprint density at radius 1 is 0.655 bits per heavy atom. The van der Waals surface area contributed by atoms with Gasteiger partial charge in [-0.1, -0.05) is 0 Å². The molecule has 2 N–H and O–H groups in total. The van der Waals surface area contributed by atoms with Crippen LogP contribution < -0.4 is 10.6 Å². The lowest BCUT2D eigenvalue weighted by Crippen LogP contribution is -2.33. The Kier molecular flexibility index (Phi) is 11.7. The van der Waals surface area contributed by atoms with E-state index < -0.39 is 42.1 Å². The van der Waals surface area contributed by atoms with Crippen molar-refractivity contribution < 1.29 is 38.1 Å². The first-order valence-corrected chi connectivity index (χ1v) is 9.53. The van der Waals surface area contributed by atoms with Crippen molar-refractivity contribution in [3.05, 3.63) is 0 Å². The van der Waals surface area contributed by atoms with E-state index in [1.165, 1.54) is 0 Å². The molecule has 0 aromatic heterocycles. The number of ether oxygens (including phenoxy) is 4. The summed E-state index contributed by atoms with van der Waals surface area (Å²) in [5, 5.41) is 5.05. The highest BCUT2D eigenvalue weighted by molar-refractivity contribution is 5.71. The Hall–Kier alpha value is -2.52. The third-order valence-electron chi connectivity index (χ3n) is 2.89. The molecule has 0 saturated carbocycles. The second-order valence-corrected chi connectivity index (χ2v) is 8.21. The predicted molar refractivity (Wildman–Crippen MR) is 104 cm³/mol. The van der Waals surface area contributed by atoms with Crippen LogP contribution >= 0.6 is 0 Å². The summed E-state index contributed by atoms with van der Waals surface area (Å²) in [6, 6.07) is 0. The quantitative estimate of drug-likeness (QED) is 0.240. The number of nitrogens with one attached hydrogen (secondary N) is 2. The van der Waals surface area contributed by atoms with E-state index in [0.717, 1.165) is 0 Å². The molecule has 0 aliphatic rings. The molecule has 0 radical (unpaired) electrons. The number of carbonyl (C=O) groups is 4. The first-order chi connectivity index (χ1) is 13.3. The van der Waals surface area contributed by atoms with Crippen LogP contribution in [-0.2, 0) is 28.5 Å². The summed E-state index contributed by atoms with van der Waals surface area (Å²) in [6.07, 6.45) is -0.257. The number of rotatable bonds is 10. The van der Waals surface area contributed by atoms with E-state index in [9.17, 15) is 19.2 Å². The smallest absolute Gasteiger partial charge is 0.407 e. The minimum absolute atomic E-state index is 0.0627. The zero-order valence-corrected chi connectivity index (χ0v) is 18.2. The molecule has 10 nitrogen and oxygen atoms in total. The normalized spacial score (nSPS) is 11.2. The van der Waals surface area contributed by atoms with Gasteiger partial charge in [-0.25, -0.2) is 9.59 Å². The van der Waals surface area contributed by atoms with Crippen molar-refractivity contribution in [1.29, 1.82) is 0 Å². The molecule has 10 heteroatoms. The molecule has 0 aromatic carbocycles. The largest absolute Gasteiger partial charge is 0.444 e. The maximum absolute atomic E-state index is 11.5. The second kappa shape index (κ2) is 12.8. The molecule has 168 valence electrons. The van der Waals surface area contributed by atoms with E-state index in [0.29, 0.717) is 12.8 Å². The molecule has 2 amide bonds. The molecule has 0 fully saturated rings. The van der Waals surface area contributed by atoms with Crippen LogP contribution in [0.15, 0.2) is 0 Å². The molecule has 0 spiro atoms. The monoisotopic (exact) mass is 418 g/mol. The molecule has 0 aliphatic carbocycles. The van der Waals surface area contributed by atoms with Crippen LogP contribution in [0.3, 0.4) is 0 Å². The van der Waals surface area contributed by atoms with E-state index in [1.54, 1.807) is 41.5 Å². The van der Waals surface area contributed by atoms with Gasteiger partial charge in [0.1, 0.15) is 11.2 Å². The lowest BCUT2D eigenvalue weighted by atomic mass is 10.2. The van der Waals surface area contributed by atoms with Crippen molar-refractivity contribution in [2.75, 3.05) is 19.9 Å². The average Bonchev–Trinajstić information content (AvgIpc) is 2.52. The van der Waals surface area contributed by atoms with Gasteiger partial charge < -0.3 is 29.6 Å². The van der Waals surface area contributed by atoms with Gasteiger partial charge in [0.05, 0.1) is 0 Å². The minimum Gasteiger partial charge on any atom is -0.444 e. The van der Waals surface area contributed by atoms with E-state index in [4.69, 9.17) is 18.9 Å². The molecular weight excluding hydrogens is 384 g/mol. The molecule has 0 aliphatic heterocycles. The highest BCUT2D eigenvalue weighted by Crippen LogP contribution is 2.07. The van der Waals surface area contributed by atoms with Gasteiger partial charge in [0.25, 0.3) is 0 Å². The van der Waals surface area contributed by atoms with Crippen LogP contribution in [0.5, 0.6) is 0 Å². The van der Waals surface area contributed by atoms with Gasteiger partial charge >= 0.3 is 24.1 Å². The van der Waals surface area contributed by atoms with Gasteiger partial charge in [-0.2, -0.15) is 0 Å². The number of esters is 2. The summed E-state index contributed by atoms with van der Waals surface area (Å²) < 4.78 is 19.7. The zero-order chi connectivity index (χ0) is 22.5. The maximum Gasteiger partial charge on any atom is 0.407 e. The Morgan fingerprint density at radius 3 is 1.31 bits per heavy atom. The van der Waals surface area contributed by atoms with Crippen LogP contribution in [0.1, 0.15) is 67.2 Å². The summed E-state index contributed by atoms with van der Waals surface area (Å²) in [7, 11) is 0. The van der Waals surface area contributed by atoms with Crippen molar-refractivity contribution in [3.63, 3.8) is 0 Å². The molecule has 29 heavy (non-hydrogen) atoms. The van der Waals surface area contributed by atoms with Crippen LogP contribution in [-0.4, -0.2) is 55.2 Å². The minimum atomic E-state index is -0.585. The van der Waals surface area contributed by atoms with E-state index >= 15 is 0 Å². The molecule has 0 atom stereocenters. The summed E-state index contributed by atoms with van der Waals surface area (Å²) in [6.45, 7) is 10.6. The van der Waals surface area contributed by atoms with Crippen molar-refractivity contribution in [1.82, 2.24) is 10.6 Å². The fourth-order valence-corrected chi connectivity index (χ4v) is 1.78. The summed E-state index contributed by atoms with van der Waals surface area (Å²) >= 11 is 0. The number of carbonyl (C=O) groups excluding carboxylic acids is 4. The fourth-order valence-electron chi connectivity index (χ4n) is 1.78. The second-order valence-electron chi connectivity index (χ2n) is 8.21. The van der Waals surface area contributed by atoms with E-state index in [2.05, 4.69) is 10.6 Å². The molecule has 0 rings (SSSR count). The summed E-state index contributed by atoms with van der Waals surface area (Å²) in [4.78, 5) is 45.9. The van der Waals surface area contributed by atoms with E-state index in [-0.39, 0.29) is 25.9 Å².